The van der Waals surface area contributed by atoms with Crippen molar-refractivity contribution in [3.8, 4) is 0 Å². The molecule has 2 atom stereocenters. The van der Waals surface area contributed by atoms with Crippen molar-refractivity contribution in [1.82, 2.24) is 9.80 Å². The molecule has 8 heterocycles. The maximum Gasteiger partial charge on any atom is 0.373 e. The Morgan fingerprint density at radius 1 is 0.761 bits per heavy atom. The van der Waals surface area contributed by atoms with Gasteiger partial charge in [0.15, 0.2) is 5.78 Å². The average molecular weight is 678 g/mol. The monoisotopic (exact) mass is 677 g/mol. The van der Waals surface area contributed by atoms with Crippen LogP contribution in [0.15, 0.2) is 65.4 Å². The molecule has 2 aromatic heterocycles. The highest BCUT2D eigenvalue weighted by molar-refractivity contribution is 7.17. The fraction of sp³-hybridized carbons (Fsp3) is 0.514. The maximum atomic E-state index is 12.9. The lowest BCUT2D eigenvalue weighted by Crippen LogP contribution is -2.63. The van der Waals surface area contributed by atoms with Gasteiger partial charge in [0.1, 0.15) is 0 Å². The van der Waals surface area contributed by atoms with Crippen molar-refractivity contribution in [2.75, 3.05) is 26.2 Å². The first kappa shape index (κ1) is 33.5. The second-order valence-corrected chi connectivity index (χ2v) is 15.7. The topological polar surface area (TPSA) is 83.7 Å². The molecule has 46 heavy (non-hydrogen) atoms. The molecule has 2 spiro atoms. The maximum absolute atomic E-state index is 12.9. The number of Topliss-reactive ketones (excluding diaryl/α,β-unsaturated/α-hetero) is 1. The molecular weight excluding hydrogens is 634 g/mol. The van der Waals surface area contributed by atoms with Crippen molar-refractivity contribution in [3.63, 3.8) is 0 Å². The van der Waals surface area contributed by atoms with E-state index in [1.807, 2.05) is 6.07 Å². The Hall–Kier alpha value is -2.42. The molecule has 244 valence electrons. The summed E-state index contributed by atoms with van der Waals surface area (Å²) in [5, 5.41) is 6.78. The lowest BCUT2D eigenvalue weighted by atomic mass is 9.69. The van der Waals surface area contributed by atoms with Crippen molar-refractivity contribution in [2.45, 2.75) is 74.9 Å². The van der Waals surface area contributed by atoms with Crippen LogP contribution in [-0.4, -0.2) is 65.0 Å². The van der Waals surface area contributed by atoms with E-state index in [1.54, 1.807) is 22.7 Å². The van der Waals surface area contributed by atoms with Gasteiger partial charge in [-0.2, -0.15) is 9.59 Å². The summed E-state index contributed by atoms with van der Waals surface area (Å²) in [6.07, 6.45) is 11.8. The Bertz CT molecular complexity index is 1640. The Kier molecular flexibility index (Phi) is 10.2. The van der Waals surface area contributed by atoms with E-state index in [1.165, 1.54) is 97.7 Å². The van der Waals surface area contributed by atoms with Gasteiger partial charge in [-0.15, -0.1) is 35.1 Å². The molecule has 9 heteroatoms. The van der Waals surface area contributed by atoms with E-state index in [9.17, 15) is 4.79 Å². The number of benzene rings is 2. The molecule has 6 nitrogen and oxygen atoms in total. The number of thiophene rings is 2. The molecule has 2 N–H and O–H groups in total. The van der Waals surface area contributed by atoms with Gasteiger partial charge >= 0.3 is 6.15 Å². The highest BCUT2D eigenvalue weighted by Gasteiger charge is 2.60. The molecular formula is C37H44ClN3O3S2. The number of hydrogen-bond donors (Lipinski definition) is 1. The average Bonchev–Trinajstić information content (AvgIpc) is 3.94. The first-order valence-corrected chi connectivity index (χ1v) is 18.4. The Balaban J connectivity index is 0.000000129. The molecule has 4 bridgehead atoms. The minimum atomic E-state index is 0. The quantitative estimate of drug-likeness (QED) is 0.224. The van der Waals surface area contributed by atoms with E-state index < -0.39 is 0 Å². The second-order valence-electron chi connectivity index (χ2n) is 13.8. The zero-order valence-corrected chi connectivity index (χ0v) is 28.7. The number of piperidine rings is 6. The van der Waals surface area contributed by atoms with Crippen LogP contribution in [0.1, 0.15) is 68.1 Å². The number of carbonyl (C=O) groups is 1. The molecule has 0 amide bonds. The molecule has 6 aliphatic heterocycles. The molecule has 4 aromatic rings. The summed E-state index contributed by atoms with van der Waals surface area (Å²) < 4.78 is 2.65. The minimum absolute atomic E-state index is 0. The van der Waals surface area contributed by atoms with E-state index in [-0.39, 0.29) is 18.6 Å². The van der Waals surface area contributed by atoms with Gasteiger partial charge in [-0.25, -0.2) is 0 Å². The predicted molar refractivity (Wildman–Crippen MR) is 189 cm³/mol. The lowest BCUT2D eigenvalue weighted by molar-refractivity contribution is -0.191. The highest BCUT2D eigenvalue weighted by Crippen LogP contribution is 2.58. The van der Waals surface area contributed by atoms with Crippen molar-refractivity contribution in [2.24, 2.45) is 23.5 Å². The van der Waals surface area contributed by atoms with Crippen LogP contribution in [0, 0.1) is 17.8 Å². The van der Waals surface area contributed by atoms with Crippen molar-refractivity contribution >= 4 is 67.2 Å². The molecule has 2 saturated carbocycles. The summed E-state index contributed by atoms with van der Waals surface area (Å²) in [4.78, 5) is 34.5. The van der Waals surface area contributed by atoms with E-state index >= 15 is 0 Å². The number of halogens is 1. The largest absolute Gasteiger partial charge is 0.373 e. The van der Waals surface area contributed by atoms with E-state index in [0.29, 0.717) is 28.8 Å². The summed E-state index contributed by atoms with van der Waals surface area (Å²) in [5.74, 6) is 2.63. The van der Waals surface area contributed by atoms with Crippen molar-refractivity contribution in [1.29, 1.82) is 0 Å². The summed E-state index contributed by atoms with van der Waals surface area (Å²) in [6.45, 7) is 5.21. The number of hydrogen-bond acceptors (Lipinski definition) is 8. The molecule has 12 rings (SSSR count). The first-order valence-electron chi connectivity index (χ1n) is 16.6. The van der Waals surface area contributed by atoms with Gasteiger partial charge < -0.3 is 5.73 Å². The van der Waals surface area contributed by atoms with Crippen LogP contribution in [0.2, 0.25) is 0 Å². The van der Waals surface area contributed by atoms with Crippen molar-refractivity contribution in [3.05, 3.63) is 70.9 Å². The number of carbonyl (C=O) groups excluding carboxylic acids is 3. The number of rotatable bonds is 3. The Labute approximate surface area is 285 Å². The fourth-order valence-electron chi connectivity index (χ4n) is 9.09. The van der Waals surface area contributed by atoms with Crippen LogP contribution in [0.4, 0.5) is 0 Å². The summed E-state index contributed by atoms with van der Waals surface area (Å²) in [5.41, 5.74) is 8.07. The molecule has 2 aromatic carbocycles. The highest BCUT2D eigenvalue weighted by atomic mass is 35.5. The summed E-state index contributed by atoms with van der Waals surface area (Å²) in [6, 6.07) is 19.4. The SMILES string of the molecule is Cl.N[C@@H]1C2CCN(CC2)C12CC2.O=C(C[C@@H]1C2CCN(CC2)C12CC2)c1ccc2sccc2c1.O=C=O.c1ccc2sccc2c1. The number of nitrogens with zero attached hydrogens (tertiary/aromatic N) is 2. The van der Waals surface area contributed by atoms with Crippen LogP contribution >= 0.6 is 35.1 Å². The van der Waals surface area contributed by atoms with Gasteiger partial charge in [-0.1, -0.05) is 18.2 Å². The molecule has 0 radical (unpaired) electrons. The van der Waals surface area contributed by atoms with E-state index in [4.69, 9.17) is 15.3 Å². The van der Waals surface area contributed by atoms with Gasteiger partial charge in [0, 0.05) is 38.5 Å². The third-order valence-electron chi connectivity index (χ3n) is 11.8. The molecule has 0 unspecified atom stereocenters. The fourth-order valence-corrected chi connectivity index (χ4v) is 10.6. The summed E-state index contributed by atoms with van der Waals surface area (Å²) >= 11 is 3.53. The predicted octanol–water partition coefficient (Wildman–Crippen LogP) is 7.66. The molecule has 2 aliphatic carbocycles. The lowest BCUT2D eigenvalue weighted by Gasteiger charge is -2.52. The van der Waals surface area contributed by atoms with Gasteiger partial charge in [0.2, 0.25) is 0 Å². The normalized spacial score (nSPS) is 29.7. The van der Waals surface area contributed by atoms with Gasteiger partial charge in [-0.05, 0) is 153 Å². The van der Waals surface area contributed by atoms with Crippen LogP contribution < -0.4 is 5.73 Å². The Morgan fingerprint density at radius 3 is 1.87 bits per heavy atom. The molecule has 6 saturated heterocycles. The number of ketones is 1. The van der Waals surface area contributed by atoms with Crippen LogP contribution in [0.25, 0.3) is 20.2 Å². The summed E-state index contributed by atoms with van der Waals surface area (Å²) in [7, 11) is 0. The van der Waals surface area contributed by atoms with Crippen LogP contribution in [0.5, 0.6) is 0 Å². The standard InChI is InChI=1S/C19H21NOS.C9H16N2.C8H6S.CO2.ClH/c21-17(14-1-2-18-15(11-14)5-10-22-18)12-16-13-3-8-20(9-4-13)19(16)6-7-19;10-8-7-1-5-11(6-2-7)9(8)3-4-9;1-2-4-8-7(3-1)5-6-9-8;2-1-3;/h1-2,5,10-11,13,16H,3-4,6-9,12H2;7-8H,1-6,10H2;1-6H;;1H/t16-;8-;;;/m11.../s1. The number of fused-ring (bicyclic) bond motifs is 6. The van der Waals surface area contributed by atoms with Gasteiger partial charge in [0.25, 0.3) is 0 Å². The zero-order chi connectivity index (χ0) is 31.0. The van der Waals surface area contributed by atoms with Gasteiger partial charge in [0.05, 0.1) is 0 Å². The smallest absolute Gasteiger partial charge is 0.326 e. The van der Waals surface area contributed by atoms with Crippen molar-refractivity contribution < 1.29 is 14.4 Å². The van der Waals surface area contributed by atoms with Crippen LogP contribution in [0.3, 0.4) is 0 Å². The minimum Gasteiger partial charge on any atom is -0.326 e. The van der Waals surface area contributed by atoms with Gasteiger partial charge in [-0.3, -0.25) is 14.6 Å². The molecule has 8 aliphatic rings. The Morgan fingerprint density at radius 2 is 1.30 bits per heavy atom. The number of nitrogens with two attached hydrogens (primary N) is 1. The zero-order valence-electron chi connectivity index (χ0n) is 26.3. The second kappa shape index (κ2) is 14.0. The molecule has 8 fully saturated rings. The van der Waals surface area contributed by atoms with Crippen LogP contribution in [-0.2, 0) is 9.59 Å². The van der Waals surface area contributed by atoms with E-state index in [2.05, 4.69) is 69.1 Å². The third-order valence-corrected chi connectivity index (χ3v) is 13.6. The first-order chi connectivity index (χ1) is 22.0. The third kappa shape index (κ3) is 6.38. The van der Waals surface area contributed by atoms with E-state index in [0.717, 1.165) is 23.8 Å².